The van der Waals surface area contributed by atoms with Crippen molar-refractivity contribution in [2.24, 2.45) is 0 Å². The highest BCUT2D eigenvalue weighted by atomic mass is 35.5. The lowest BCUT2D eigenvalue weighted by Crippen LogP contribution is -2.23. The number of methoxy groups -OCH3 is 1. The monoisotopic (exact) mass is 359 g/mol. The van der Waals surface area contributed by atoms with Gasteiger partial charge >= 0.3 is 5.97 Å². The van der Waals surface area contributed by atoms with E-state index in [-0.39, 0.29) is 16.1 Å². The number of rotatable bonds is 4. The molecular weight excluding hydrogens is 349 g/mol. The van der Waals surface area contributed by atoms with Crippen molar-refractivity contribution in [3.8, 4) is 0 Å². The van der Waals surface area contributed by atoms with E-state index in [1.165, 1.54) is 55.6 Å². The zero-order valence-electron chi connectivity index (χ0n) is 11.4. The van der Waals surface area contributed by atoms with Crippen molar-refractivity contribution in [3.05, 3.63) is 59.1 Å². The number of hydrogen-bond donors (Lipinski definition) is 0. The molecular formula is C14H11Cl2NO4S. The van der Waals surface area contributed by atoms with Crippen LogP contribution in [0.25, 0.3) is 0 Å². The number of carbonyl (C=O) groups excluding carboxylic acids is 1. The molecule has 0 aliphatic rings. The van der Waals surface area contributed by atoms with Crippen LogP contribution >= 0.6 is 23.4 Å². The average Bonchev–Trinajstić information content (AvgIpc) is 2.54. The number of anilines is 1. The van der Waals surface area contributed by atoms with Gasteiger partial charge in [0.1, 0.15) is 4.90 Å². The standard InChI is InChI=1S/C14H11Cl2NO4S/c1-21-14(18)12-4-2-3-5-13(12)22(19,20)17(16)11-8-6-10(15)7-9-11/h2-9H,1H3. The maximum absolute atomic E-state index is 12.6. The highest BCUT2D eigenvalue weighted by Crippen LogP contribution is 2.28. The van der Waals surface area contributed by atoms with Gasteiger partial charge in [0.2, 0.25) is 0 Å². The van der Waals surface area contributed by atoms with Gasteiger partial charge in [0.25, 0.3) is 10.0 Å². The molecule has 8 heteroatoms. The van der Waals surface area contributed by atoms with E-state index in [4.69, 9.17) is 23.4 Å². The topological polar surface area (TPSA) is 63.7 Å². The predicted molar refractivity (Wildman–Crippen MR) is 84.8 cm³/mol. The summed E-state index contributed by atoms with van der Waals surface area (Å²) in [6, 6.07) is 11.6. The first-order chi connectivity index (χ1) is 10.4. The maximum atomic E-state index is 12.6. The van der Waals surface area contributed by atoms with Crippen LogP contribution in [0.4, 0.5) is 5.69 Å². The summed E-state index contributed by atoms with van der Waals surface area (Å²) in [5, 5.41) is 0.446. The first-order valence-corrected chi connectivity index (χ1v) is 8.17. The average molecular weight is 360 g/mol. The molecule has 0 aliphatic heterocycles. The van der Waals surface area contributed by atoms with Crippen molar-refractivity contribution in [2.75, 3.05) is 10.9 Å². The lowest BCUT2D eigenvalue weighted by molar-refractivity contribution is 0.0596. The molecule has 2 aromatic rings. The predicted octanol–water partition coefficient (Wildman–Crippen LogP) is 3.48. The van der Waals surface area contributed by atoms with Crippen molar-refractivity contribution in [1.82, 2.24) is 0 Å². The van der Waals surface area contributed by atoms with Gasteiger partial charge in [-0.1, -0.05) is 23.7 Å². The molecule has 116 valence electrons. The Morgan fingerprint density at radius 3 is 2.27 bits per heavy atom. The van der Waals surface area contributed by atoms with E-state index in [0.717, 1.165) is 0 Å². The summed E-state index contributed by atoms with van der Waals surface area (Å²) in [4.78, 5) is 11.5. The number of sulfonamides is 1. The minimum absolute atomic E-state index is 0.0930. The Labute approximate surface area is 138 Å². The second-order valence-electron chi connectivity index (χ2n) is 4.18. The molecule has 22 heavy (non-hydrogen) atoms. The van der Waals surface area contributed by atoms with Crippen LogP contribution in [0.3, 0.4) is 0 Å². The van der Waals surface area contributed by atoms with Crippen LogP contribution in [-0.2, 0) is 14.8 Å². The van der Waals surface area contributed by atoms with Crippen LogP contribution in [0.2, 0.25) is 5.02 Å². The van der Waals surface area contributed by atoms with Crippen LogP contribution < -0.4 is 3.82 Å². The van der Waals surface area contributed by atoms with E-state index in [1.54, 1.807) is 0 Å². The lowest BCUT2D eigenvalue weighted by atomic mass is 10.2. The van der Waals surface area contributed by atoms with Gasteiger partial charge in [-0.3, -0.25) is 0 Å². The van der Waals surface area contributed by atoms with Crippen LogP contribution in [0.1, 0.15) is 10.4 Å². The minimum Gasteiger partial charge on any atom is -0.465 e. The quantitative estimate of drug-likeness (QED) is 0.619. The fourth-order valence-electron chi connectivity index (χ4n) is 1.75. The molecule has 0 unspecified atom stereocenters. The molecule has 0 radical (unpaired) electrons. The van der Waals surface area contributed by atoms with Gasteiger partial charge in [0.05, 0.1) is 18.4 Å². The Hall–Kier alpha value is -1.76. The molecule has 0 fully saturated rings. The van der Waals surface area contributed by atoms with E-state index < -0.39 is 16.0 Å². The number of benzene rings is 2. The molecule has 0 aromatic heterocycles. The zero-order chi connectivity index (χ0) is 16.3. The van der Waals surface area contributed by atoms with E-state index in [1.807, 2.05) is 0 Å². The third-order valence-corrected chi connectivity index (χ3v) is 5.35. The molecule has 0 saturated heterocycles. The number of carbonyl (C=O) groups is 1. The van der Waals surface area contributed by atoms with Gasteiger partial charge in [-0.25, -0.2) is 4.79 Å². The van der Waals surface area contributed by atoms with E-state index in [0.29, 0.717) is 8.85 Å². The molecule has 0 aliphatic carbocycles. The largest absolute Gasteiger partial charge is 0.465 e. The molecule has 0 saturated carbocycles. The highest BCUT2D eigenvalue weighted by Gasteiger charge is 2.28. The summed E-state index contributed by atoms with van der Waals surface area (Å²) in [7, 11) is -2.97. The van der Waals surface area contributed by atoms with Crippen molar-refractivity contribution in [3.63, 3.8) is 0 Å². The first kappa shape index (κ1) is 16.6. The second-order valence-corrected chi connectivity index (χ2v) is 6.91. The van der Waals surface area contributed by atoms with Gasteiger partial charge in [-0.05, 0) is 36.4 Å². The normalized spacial score (nSPS) is 11.0. The van der Waals surface area contributed by atoms with E-state index in [9.17, 15) is 13.2 Å². The molecule has 2 aromatic carbocycles. The first-order valence-electron chi connectivity index (χ1n) is 6.02. The number of ether oxygens (including phenoxy) is 1. The number of halogens is 2. The van der Waals surface area contributed by atoms with Crippen molar-refractivity contribution < 1.29 is 17.9 Å². The molecule has 5 nitrogen and oxygen atoms in total. The Morgan fingerprint density at radius 2 is 1.68 bits per heavy atom. The lowest BCUT2D eigenvalue weighted by Gasteiger charge is -2.17. The molecule has 0 atom stereocenters. The Balaban J connectivity index is 2.51. The number of esters is 1. The fraction of sp³-hybridized carbons (Fsp3) is 0.0714. The summed E-state index contributed by atoms with van der Waals surface area (Å²) < 4.78 is 30.4. The van der Waals surface area contributed by atoms with Crippen LogP contribution in [-0.4, -0.2) is 21.5 Å². The Kier molecular flexibility index (Phi) is 4.95. The van der Waals surface area contributed by atoms with Crippen molar-refractivity contribution in [1.29, 1.82) is 0 Å². The van der Waals surface area contributed by atoms with E-state index in [2.05, 4.69) is 4.74 Å². The third kappa shape index (κ3) is 3.19. The highest BCUT2D eigenvalue weighted by molar-refractivity contribution is 7.94. The Morgan fingerprint density at radius 1 is 1.09 bits per heavy atom. The number of nitrogens with zero attached hydrogens (tertiary/aromatic N) is 1. The van der Waals surface area contributed by atoms with Gasteiger partial charge < -0.3 is 4.74 Å². The van der Waals surface area contributed by atoms with Gasteiger partial charge in [-0.15, -0.1) is 0 Å². The third-order valence-electron chi connectivity index (χ3n) is 2.81. The van der Waals surface area contributed by atoms with E-state index >= 15 is 0 Å². The summed E-state index contributed by atoms with van der Waals surface area (Å²) in [5.41, 5.74) is 0.107. The second kappa shape index (κ2) is 6.56. The van der Waals surface area contributed by atoms with Gasteiger partial charge in [0, 0.05) is 16.8 Å². The number of hydrogen-bond acceptors (Lipinski definition) is 4. The molecule has 0 bridgehead atoms. The maximum Gasteiger partial charge on any atom is 0.339 e. The van der Waals surface area contributed by atoms with Crippen LogP contribution in [0.5, 0.6) is 0 Å². The zero-order valence-corrected chi connectivity index (χ0v) is 13.7. The summed E-state index contributed by atoms with van der Waals surface area (Å²) in [5.74, 6) is -0.764. The van der Waals surface area contributed by atoms with Gasteiger partial charge in [0.15, 0.2) is 0 Å². The van der Waals surface area contributed by atoms with Crippen LogP contribution in [0, 0.1) is 0 Å². The molecule has 0 spiro atoms. The summed E-state index contributed by atoms with van der Waals surface area (Å²) in [6.45, 7) is 0. The van der Waals surface area contributed by atoms with Crippen molar-refractivity contribution in [2.45, 2.75) is 4.90 Å². The molecule has 0 heterocycles. The fourth-order valence-corrected chi connectivity index (χ4v) is 3.47. The summed E-state index contributed by atoms with van der Waals surface area (Å²) >= 11 is 11.7. The summed E-state index contributed by atoms with van der Waals surface area (Å²) in [6.07, 6.45) is 0. The minimum atomic E-state index is -4.14. The molecule has 0 amide bonds. The molecule has 0 N–H and O–H groups in total. The molecule has 2 rings (SSSR count). The SMILES string of the molecule is COC(=O)c1ccccc1S(=O)(=O)N(Cl)c1ccc(Cl)cc1. The Bertz CT molecular complexity index is 791. The smallest absolute Gasteiger partial charge is 0.339 e. The van der Waals surface area contributed by atoms with Crippen LogP contribution in [0.15, 0.2) is 53.4 Å². The van der Waals surface area contributed by atoms with Crippen molar-refractivity contribution >= 4 is 45.1 Å². The van der Waals surface area contributed by atoms with Gasteiger partial charge in [-0.2, -0.15) is 12.2 Å².